The second-order valence-electron chi connectivity index (χ2n) is 12.2. The Balaban J connectivity index is 1.64. The lowest BCUT2D eigenvalue weighted by Crippen LogP contribution is -2.63. The van der Waals surface area contributed by atoms with E-state index in [1.54, 1.807) is 14.1 Å². The zero-order valence-electron chi connectivity index (χ0n) is 23.5. The van der Waals surface area contributed by atoms with E-state index >= 15 is 4.39 Å². The number of Topliss-reactive ketones (excluding diaryl/α,β-unsaturated/α-hetero) is 2. The van der Waals surface area contributed by atoms with Gasteiger partial charge in [-0.25, -0.2) is 4.39 Å². The molecule has 0 unspecified atom stereocenters. The van der Waals surface area contributed by atoms with Crippen molar-refractivity contribution in [3.63, 3.8) is 0 Å². The largest absolute Gasteiger partial charge is 0.510 e. The maximum atomic E-state index is 16.2. The van der Waals surface area contributed by atoms with Crippen molar-refractivity contribution in [2.75, 3.05) is 20.6 Å². The fourth-order valence-corrected chi connectivity index (χ4v) is 7.18. The van der Waals surface area contributed by atoms with Crippen LogP contribution >= 0.6 is 12.9 Å². The third-order valence-corrected chi connectivity index (χ3v) is 9.60. The first-order valence-electron chi connectivity index (χ1n) is 13.8. The number of hydrogen-bond donors (Lipinski definition) is 5. The molecule has 0 radical (unpaired) electrons. The molecule has 0 aromatic heterocycles. The normalized spacial score (nSPS) is 28.6. The molecular formula is C29H36FN3O7S. The van der Waals surface area contributed by atoms with E-state index in [0.29, 0.717) is 12.1 Å². The highest BCUT2D eigenvalue weighted by molar-refractivity contribution is 7.75. The van der Waals surface area contributed by atoms with Gasteiger partial charge in [-0.1, -0.05) is 6.92 Å². The van der Waals surface area contributed by atoms with Crippen LogP contribution in [0, 0.1) is 17.7 Å². The Kier molecular flexibility index (Phi) is 7.29. The number of aliphatic hydroxyl groups is 3. The molecule has 1 saturated carbocycles. The van der Waals surface area contributed by atoms with Gasteiger partial charge in [0, 0.05) is 47.6 Å². The summed E-state index contributed by atoms with van der Waals surface area (Å²) in [5.74, 6) is -7.40. The van der Waals surface area contributed by atoms with Crippen LogP contribution in [0.1, 0.15) is 61.0 Å². The van der Waals surface area contributed by atoms with Gasteiger partial charge in [-0.2, -0.15) is 0 Å². The van der Waals surface area contributed by atoms with Crippen LogP contribution in [0.4, 0.5) is 4.39 Å². The van der Waals surface area contributed by atoms with Crippen molar-refractivity contribution in [1.29, 1.82) is 0 Å². The Morgan fingerprint density at radius 1 is 1.27 bits per heavy atom. The van der Waals surface area contributed by atoms with Gasteiger partial charge in [-0.15, -0.1) is 0 Å². The van der Waals surface area contributed by atoms with Crippen LogP contribution in [0.25, 0.3) is 0 Å². The molecule has 1 aromatic carbocycles. The molecule has 0 bridgehead atoms. The molecular weight excluding hydrogens is 553 g/mol. The van der Waals surface area contributed by atoms with Gasteiger partial charge in [0.2, 0.25) is 5.78 Å². The smallest absolute Gasteiger partial charge is 0.255 e. The minimum Gasteiger partial charge on any atom is -0.510 e. The number of ketones is 2. The summed E-state index contributed by atoms with van der Waals surface area (Å²) in [6, 6.07) is 0.348. The Morgan fingerprint density at radius 3 is 2.46 bits per heavy atom. The summed E-state index contributed by atoms with van der Waals surface area (Å²) < 4.78 is 21.5. The predicted molar refractivity (Wildman–Crippen MR) is 150 cm³/mol. The first-order valence-corrected chi connectivity index (χ1v) is 14.1. The second kappa shape index (κ2) is 10.1. The molecule has 1 fully saturated rings. The van der Waals surface area contributed by atoms with Crippen molar-refractivity contribution < 1.29 is 38.3 Å². The van der Waals surface area contributed by atoms with E-state index in [1.165, 1.54) is 11.0 Å². The monoisotopic (exact) mass is 589 g/mol. The number of amides is 1. The summed E-state index contributed by atoms with van der Waals surface area (Å²) in [7, 11) is 3.13. The molecule has 1 aromatic rings. The molecule has 4 aliphatic carbocycles. The minimum absolute atomic E-state index is 0.00602. The quantitative estimate of drug-likeness (QED) is 0.175. The Morgan fingerprint density at radius 2 is 1.93 bits per heavy atom. The fourth-order valence-electron chi connectivity index (χ4n) is 7.04. The van der Waals surface area contributed by atoms with Crippen molar-refractivity contribution in [2.45, 2.75) is 69.7 Å². The number of aliphatic hydroxyl groups excluding tert-OH is 2. The molecule has 4 atom stereocenters. The maximum absolute atomic E-state index is 16.2. The Bertz CT molecular complexity index is 1420. The third kappa shape index (κ3) is 4.29. The molecule has 222 valence electrons. The van der Waals surface area contributed by atoms with E-state index in [-0.39, 0.29) is 40.8 Å². The van der Waals surface area contributed by atoms with Gasteiger partial charge in [-0.3, -0.25) is 24.2 Å². The Labute approximate surface area is 243 Å². The number of carbonyl (C=O) groups is 3. The summed E-state index contributed by atoms with van der Waals surface area (Å²) in [6.07, 6.45) is 2.83. The number of primary amides is 1. The fraction of sp³-hybridized carbons (Fsp3) is 0.552. The first-order chi connectivity index (χ1) is 19.2. The van der Waals surface area contributed by atoms with Crippen LogP contribution in [0.3, 0.4) is 0 Å². The highest BCUT2D eigenvalue weighted by atomic mass is 32.1. The van der Waals surface area contributed by atoms with Gasteiger partial charge in [-0.05, 0) is 71.7 Å². The van der Waals surface area contributed by atoms with Crippen molar-refractivity contribution in [3.8, 4) is 5.75 Å². The maximum Gasteiger partial charge on any atom is 0.255 e. The van der Waals surface area contributed by atoms with Crippen LogP contribution in [0.15, 0.2) is 28.7 Å². The highest BCUT2D eigenvalue weighted by Crippen LogP contribution is 2.53. The molecule has 4 aliphatic rings. The van der Waals surface area contributed by atoms with Gasteiger partial charge in [0.05, 0.1) is 11.6 Å². The van der Waals surface area contributed by atoms with Crippen molar-refractivity contribution in [2.24, 2.45) is 17.6 Å². The number of halogens is 1. The molecule has 0 aliphatic heterocycles. The molecule has 12 heteroatoms. The molecule has 0 saturated heterocycles. The van der Waals surface area contributed by atoms with Crippen LogP contribution in [-0.4, -0.2) is 80.4 Å². The molecule has 10 nitrogen and oxygen atoms in total. The van der Waals surface area contributed by atoms with E-state index in [0.717, 1.165) is 25.8 Å². The molecule has 5 N–H and O–H groups in total. The highest BCUT2D eigenvalue weighted by Gasteiger charge is 2.63. The number of hydrogen-bond acceptors (Lipinski definition) is 10. The zero-order chi connectivity index (χ0) is 30.2. The van der Waals surface area contributed by atoms with Crippen molar-refractivity contribution in [1.82, 2.24) is 9.80 Å². The van der Waals surface area contributed by atoms with Gasteiger partial charge in [0.15, 0.2) is 11.4 Å². The van der Waals surface area contributed by atoms with E-state index < -0.39 is 63.9 Å². The van der Waals surface area contributed by atoms with Crippen molar-refractivity contribution in [3.05, 3.63) is 51.2 Å². The number of nitrogens with zero attached hydrogens (tertiary/aromatic N) is 2. The van der Waals surface area contributed by atoms with Crippen molar-refractivity contribution >= 4 is 30.4 Å². The second-order valence-corrected chi connectivity index (χ2v) is 12.4. The molecule has 0 spiro atoms. The van der Waals surface area contributed by atoms with E-state index in [2.05, 4.69) is 31.7 Å². The number of nitrogens with two attached hydrogens (primary N) is 1. The van der Waals surface area contributed by atoms with Crippen LogP contribution in [-0.2, 0) is 22.6 Å². The third-order valence-electron chi connectivity index (χ3n) is 9.41. The van der Waals surface area contributed by atoms with Gasteiger partial charge >= 0.3 is 0 Å². The van der Waals surface area contributed by atoms with Crippen LogP contribution in [0.5, 0.6) is 5.75 Å². The lowest BCUT2D eigenvalue weighted by atomic mass is 9.58. The summed E-state index contributed by atoms with van der Waals surface area (Å²) in [4.78, 5) is 43.2. The van der Waals surface area contributed by atoms with E-state index in [1.807, 2.05) is 0 Å². The van der Waals surface area contributed by atoms with E-state index in [4.69, 9.17) is 9.92 Å². The predicted octanol–water partition coefficient (Wildman–Crippen LogP) is 2.54. The zero-order valence-corrected chi connectivity index (χ0v) is 24.4. The minimum atomic E-state index is -2.70. The number of rotatable bonds is 8. The van der Waals surface area contributed by atoms with Crippen LogP contribution in [0.2, 0.25) is 0 Å². The van der Waals surface area contributed by atoms with Gasteiger partial charge < -0.3 is 25.2 Å². The van der Waals surface area contributed by atoms with Gasteiger partial charge in [0.1, 0.15) is 28.7 Å². The lowest BCUT2D eigenvalue weighted by Gasteiger charge is -2.50. The summed E-state index contributed by atoms with van der Waals surface area (Å²) >= 11 is 3.93. The first kappa shape index (κ1) is 29.6. The molecule has 5 rings (SSSR count). The summed E-state index contributed by atoms with van der Waals surface area (Å²) in [5, 5.41) is 34.0. The van der Waals surface area contributed by atoms with E-state index in [9.17, 15) is 29.7 Å². The number of allylic oxidation sites excluding steroid dienone is 1. The number of fused-ring (bicyclic) bond motifs is 3. The molecule has 41 heavy (non-hydrogen) atoms. The lowest BCUT2D eigenvalue weighted by molar-refractivity contribution is -0.148. The average molecular weight is 590 g/mol. The number of carbonyl (C=O) groups excluding carboxylic acids is 3. The molecule has 1 amide bonds. The number of benzene rings is 1. The Hall–Kier alpha value is -2.93. The topological polar surface area (TPSA) is 154 Å². The number of likely N-dealkylation sites (N-methyl/N-ethyl adjacent to an activating group) is 1. The average Bonchev–Trinajstić information content (AvgIpc) is 3.65. The number of thiol groups is 1. The van der Waals surface area contributed by atoms with Crippen LogP contribution < -0.4 is 9.92 Å². The summed E-state index contributed by atoms with van der Waals surface area (Å²) in [6.45, 7) is 5.29. The molecule has 0 heterocycles. The standard InChI is InChI=1S/C29H36FN3O7S/c1-5-8-33(28(2)6-7-28)12-14-11-17(40-41)19-15(21(14)30)9-13-10-16-22(32(3)4)24(35)20(27(31)38)26(37)29(16,39)25(36)18(13)23(19)34/h11,13,16,22,35-36,39,41H,5-10,12H2,1-4H3,(H2,31,38)/t13-,16-,22-,29-/m0/s1. The van der Waals surface area contributed by atoms with Gasteiger partial charge in [0.25, 0.3) is 5.91 Å². The SMILES string of the molecule is CCCN(Cc1cc(OS)c2c(c1F)C[C@H]1C[C@H]3[C@H](N(C)C)C(O)=C(C(N)=O)C(=O)[C@@]3(O)C(O)=C1C2=O)C1(C)CC1. The summed E-state index contributed by atoms with van der Waals surface area (Å²) in [5.41, 5.74) is 1.89.